The quantitative estimate of drug-likeness (QED) is 0.855. The van der Waals surface area contributed by atoms with Crippen molar-refractivity contribution in [1.29, 1.82) is 0 Å². The predicted molar refractivity (Wildman–Crippen MR) is 96.2 cm³/mol. The molecule has 0 aliphatic carbocycles. The van der Waals surface area contributed by atoms with Gasteiger partial charge in [-0.1, -0.05) is 6.92 Å². The van der Waals surface area contributed by atoms with E-state index in [-0.39, 0.29) is 25.0 Å². The molecule has 132 valence electrons. The van der Waals surface area contributed by atoms with Crippen LogP contribution in [-0.4, -0.2) is 43.7 Å². The SMILES string of the molecule is CCCN1C(=O)COc2ccc(-c3csc(NC(=O)COC)n3)cc21. The van der Waals surface area contributed by atoms with Gasteiger partial charge in [0.15, 0.2) is 11.7 Å². The van der Waals surface area contributed by atoms with Crippen molar-refractivity contribution < 1.29 is 19.1 Å². The molecule has 0 spiro atoms. The second-order valence-corrected chi connectivity index (χ2v) is 6.39. The number of anilines is 2. The lowest BCUT2D eigenvalue weighted by molar-refractivity contribution is -0.121. The number of amides is 2. The highest BCUT2D eigenvalue weighted by Crippen LogP contribution is 2.36. The van der Waals surface area contributed by atoms with E-state index in [0.717, 1.165) is 23.4 Å². The fraction of sp³-hybridized carbons (Fsp3) is 0.353. The molecular formula is C17H19N3O4S. The molecule has 7 nitrogen and oxygen atoms in total. The number of ether oxygens (including phenoxy) is 2. The zero-order valence-corrected chi connectivity index (χ0v) is 14.9. The Balaban J connectivity index is 1.86. The first kappa shape index (κ1) is 17.4. The minimum atomic E-state index is -0.248. The molecule has 0 saturated carbocycles. The van der Waals surface area contributed by atoms with Crippen LogP contribution in [0.5, 0.6) is 5.75 Å². The lowest BCUT2D eigenvalue weighted by atomic mass is 10.1. The van der Waals surface area contributed by atoms with Crippen molar-refractivity contribution in [2.75, 3.05) is 37.1 Å². The number of carbonyl (C=O) groups excluding carboxylic acids is 2. The van der Waals surface area contributed by atoms with Gasteiger partial charge in [0.05, 0.1) is 11.4 Å². The fourth-order valence-electron chi connectivity index (χ4n) is 2.58. The van der Waals surface area contributed by atoms with E-state index in [2.05, 4.69) is 10.3 Å². The number of methoxy groups -OCH3 is 1. The molecule has 2 heterocycles. The summed E-state index contributed by atoms with van der Waals surface area (Å²) >= 11 is 1.34. The van der Waals surface area contributed by atoms with Crippen molar-refractivity contribution in [1.82, 2.24) is 4.98 Å². The van der Waals surface area contributed by atoms with E-state index in [4.69, 9.17) is 9.47 Å². The van der Waals surface area contributed by atoms with Crippen LogP contribution in [0.2, 0.25) is 0 Å². The largest absolute Gasteiger partial charge is 0.482 e. The Morgan fingerprint density at radius 1 is 1.48 bits per heavy atom. The van der Waals surface area contributed by atoms with E-state index in [1.807, 2.05) is 30.5 Å². The number of hydrogen-bond acceptors (Lipinski definition) is 6. The van der Waals surface area contributed by atoms with Crippen molar-refractivity contribution in [3.8, 4) is 17.0 Å². The molecule has 0 radical (unpaired) electrons. The summed E-state index contributed by atoms with van der Waals surface area (Å²) in [5.41, 5.74) is 2.35. The average molecular weight is 361 g/mol. The fourth-order valence-corrected chi connectivity index (χ4v) is 3.32. The Bertz CT molecular complexity index is 790. The van der Waals surface area contributed by atoms with E-state index >= 15 is 0 Å². The molecular weight excluding hydrogens is 342 g/mol. The first-order valence-electron chi connectivity index (χ1n) is 7.94. The Morgan fingerprint density at radius 2 is 2.32 bits per heavy atom. The monoisotopic (exact) mass is 361 g/mol. The molecule has 8 heteroatoms. The normalized spacial score (nSPS) is 13.4. The van der Waals surface area contributed by atoms with Crippen molar-refractivity contribution in [2.45, 2.75) is 13.3 Å². The van der Waals surface area contributed by atoms with Crippen LogP contribution in [0, 0.1) is 0 Å². The van der Waals surface area contributed by atoms with Crippen molar-refractivity contribution in [2.24, 2.45) is 0 Å². The van der Waals surface area contributed by atoms with Crippen LogP contribution in [-0.2, 0) is 14.3 Å². The smallest absolute Gasteiger partial charge is 0.265 e. The van der Waals surface area contributed by atoms with Gasteiger partial charge < -0.3 is 14.4 Å². The number of aromatic nitrogens is 1. The van der Waals surface area contributed by atoms with Crippen molar-refractivity contribution in [3.63, 3.8) is 0 Å². The number of hydrogen-bond donors (Lipinski definition) is 1. The van der Waals surface area contributed by atoms with Gasteiger partial charge in [-0.15, -0.1) is 11.3 Å². The molecule has 1 aliphatic heterocycles. The molecule has 0 unspecified atom stereocenters. The minimum Gasteiger partial charge on any atom is -0.482 e. The number of rotatable bonds is 6. The Hall–Kier alpha value is -2.45. The van der Waals surface area contributed by atoms with E-state index in [9.17, 15) is 9.59 Å². The summed E-state index contributed by atoms with van der Waals surface area (Å²) in [7, 11) is 1.46. The summed E-state index contributed by atoms with van der Waals surface area (Å²) in [4.78, 5) is 29.9. The molecule has 1 aliphatic rings. The first-order valence-corrected chi connectivity index (χ1v) is 8.82. The molecule has 0 fully saturated rings. The van der Waals surface area contributed by atoms with Gasteiger partial charge >= 0.3 is 0 Å². The molecule has 3 rings (SSSR count). The number of thiazole rings is 1. The van der Waals surface area contributed by atoms with Gasteiger partial charge in [-0.05, 0) is 24.6 Å². The van der Waals surface area contributed by atoms with Crippen LogP contribution in [0.4, 0.5) is 10.8 Å². The standard InChI is InChI=1S/C17H19N3O4S/c1-3-6-20-13-7-11(4-5-14(13)24-9-16(20)22)12-10-25-17(18-12)19-15(21)8-23-2/h4-5,7,10H,3,6,8-9H2,1-2H3,(H,18,19,21). The number of nitrogens with zero attached hydrogens (tertiary/aromatic N) is 2. The Kier molecular flexibility index (Phi) is 5.30. The molecule has 1 aromatic carbocycles. The highest BCUT2D eigenvalue weighted by molar-refractivity contribution is 7.14. The maximum Gasteiger partial charge on any atom is 0.265 e. The topological polar surface area (TPSA) is 80.8 Å². The van der Waals surface area contributed by atoms with Crippen LogP contribution in [0.15, 0.2) is 23.6 Å². The first-order chi connectivity index (χ1) is 12.1. The van der Waals surface area contributed by atoms with Crippen molar-refractivity contribution >= 4 is 34.0 Å². The third-order valence-corrected chi connectivity index (χ3v) is 4.43. The van der Waals surface area contributed by atoms with E-state index < -0.39 is 0 Å². The summed E-state index contributed by atoms with van der Waals surface area (Å²) in [5, 5.41) is 5.05. The molecule has 2 aromatic rings. The summed E-state index contributed by atoms with van der Waals surface area (Å²) < 4.78 is 10.3. The van der Waals surface area contributed by atoms with Gasteiger partial charge in [0.1, 0.15) is 12.4 Å². The van der Waals surface area contributed by atoms with Crippen LogP contribution in [0.1, 0.15) is 13.3 Å². The van der Waals surface area contributed by atoms with E-state index in [0.29, 0.717) is 17.4 Å². The van der Waals surface area contributed by atoms with Gasteiger partial charge in [0.2, 0.25) is 0 Å². The van der Waals surface area contributed by atoms with Gasteiger partial charge in [-0.2, -0.15) is 0 Å². The second-order valence-electron chi connectivity index (χ2n) is 5.54. The molecule has 0 saturated heterocycles. The van der Waals surface area contributed by atoms with Crippen LogP contribution in [0.3, 0.4) is 0 Å². The molecule has 1 N–H and O–H groups in total. The van der Waals surface area contributed by atoms with Crippen LogP contribution >= 0.6 is 11.3 Å². The van der Waals surface area contributed by atoms with Gasteiger partial charge in [0.25, 0.3) is 11.8 Å². The van der Waals surface area contributed by atoms with Crippen LogP contribution in [0.25, 0.3) is 11.3 Å². The summed E-state index contributed by atoms with van der Waals surface area (Å²) in [6.45, 7) is 2.73. The van der Waals surface area contributed by atoms with Crippen LogP contribution < -0.4 is 15.0 Å². The number of benzene rings is 1. The lowest BCUT2D eigenvalue weighted by Gasteiger charge is -2.29. The van der Waals surface area contributed by atoms with E-state index in [1.165, 1.54) is 18.4 Å². The molecule has 25 heavy (non-hydrogen) atoms. The number of carbonyl (C=O) groups is 2. The third kappa shape index (κ3) is 3.80. The summed E-state index contributed by atoms with van der Waals surface area (Å²) in [6.07, 6.45) is 0.863. The lowest BCUT2D eigenvalue weighted by Crippen LogP contribution is -2.39. The number of fused-ring (bicyclic) bond motifs is 1. The van der Waals surface area contributed by atoms with Gasteiger partial charge in [0, 0.05) is 24.6 Å². The van der Waals surface area contributed by atoms with Gasteiger partial charge in [-0.25, -0.2) is 4.98 Å². The third-order valence-electron chi connectivity index (χ3n) is 3.67. The Labute approximate surface area is 149 Å². The minimum absolute atomic E-state index is 0.0147. The highest BCUT2D eigenvalue weighted by atomic mass is 32.1. The maximum absolute atomic E-state index is 12.1. The number of nitrogens with one attached hydrogen (secondary N) is 1. The average Bonchev–Trinajstić information content (AvgIpc) is 3.05. The van der Waals surface area contributed by atoms with E-state index in [1.54, 1.807) is 4.90 Å². The molecule has 2 amide bonds. The van der Waals surface area contributed by atoms with Crippen molar-refractivity contribution in [3.05, 3.63) is 23.6 Å². The summed E-state index contributed by atoms with van der Waals surface area (Å²) in [6, 6.07) is 5.65. The highest BCUT2D eigenvalue weighted by Gasteiger charge is 2.25. The zero-order chi connectivity index (χ0) is 17.8. The van der Waals surface area contributed by atoms with Gasteiger partial charge in [-0.3, -0.25) is 14.9 Å². The molecule has 1 aromatic heterocycles. The Morgan fingerprint density at radius 3 is 3.08 bits per heavy atom. The zero-order valence-electron chi connectivity index (χ0n) is 14.1. The molecule has 0 bridgehead atoms. The second kappa shape index (κ2) is 7.62. The summed E-state index contributed by atoms with van der Waals surface area (Å²) in [5.74, 6) is 0.403. The molecule has 0 atom stereocenters. The predicted octanol–water partition coefficient (Wildman–Crippen LogP) is 2.53. The maximum atomic E-state index is 12.1.